The van der Waals surface area contributed by atoms with E-state index in [2.05, 4.69) is 5.32 Å². The zero-order chi connectivity index (χ0) is 8.70. The van der Waals surface area contributed by atoms with E-state index >= 15 is 0 Å². The van der Waals surface area contributed by atoms with E-state index in [9.17, 15) is 8.78 Å². The molecule has 0 saturated carbocycles. The van der Waals surface area contributed by atoms with Gasteiger partial charge in [0.05, 0.1) is 6.54 Å². The average Bonchev–Trinajstić information content (AvgIpc) is 2.08. The first kappa shape index (κ1) is 12.1. The summed E-state index contributed by atoms with van der Waals surface area (Å²) in [6.45, 7) is 5.63. The third kappa shape index (κ3) is 2.30. The normalized spacial score (nSPS) is 33.5. The zero-order valence-electron chi connectivity index (χ0n) is 7.66. The van der Waals surface area contributed by atoms with Crippen molar-refractivity contribution in [3.63, 3.8) is 0 Å². The molecule has 4 heteroatoms. The van der Waals surface area contributed by atoms with Crippen molar-refractivity contribution < 1.29 is 8.78 Å². The monoisotopic (exact) mass is 199 g/mol. The Morgan fingerprint density at radius 2 is 1.83 bits per heavy atom. The van der Waals surface area contributed by atoms with Crippen LogP contribution in [0.4, 0.5) is 8.78 Å². The first-order valence-electron chi connectivity index (χ1n) is 3.99. The van der Waals surface area contributed by atoms with Crippen LogP contribution in [-0.4, -0.2) is 18.0 Å². The second kappa shape index (κ2) is 3.46. The number of nitrogens with one attached hydrogen (secondary N) is 1. The summed E-state index contributed by atoms with van der Waals surface area (Å²) in [6, 6.07) is 0. The molecule has 1 N–H and O–H groups in total. The summed E-state index contributed by atoms with van der Waals surface area (Å²) in [5.74, 6) is -2.24. The molecule has 1 fully saturated rings. The van der Waals surface area contributed by atoms with Crippen LogP contribution in [0.15, 0.2) is 0 Å². The highest BCUT2D eigenvalue weighted by atomic mass is 35.5. The summed E-state index contributed by atoms with van der Waals surface area (Å²) in [7, 11) is 0. The van der Waals surface area contributed by atoms with Gasteiger partial charge in [-0.05, 0) is 12.8 Å². The first-order valence-corrected chi connectivity index (χ1v) is 3.99. The molecule has 1 aliphatic heterocycles. The van der Waals surface area contributed by atoms with Crippen LogP contribution in [0, 0.1) is 5.92 Å². The maximum atomic E-state index is 12.7. The van der Waals surface area contributed by atoms with Crippen LogP contribution in [0.2, 0.25) is 0 Å². The molecular weight excluding hydrogens is 184 g/mol. The summed E-state index contributed by atoms with van der Waals surface area (Å²) >= 11 is 0. The SMILES string of the molecule is CC(C)C1(C)CC(F)(F)CN1.Cl. The van der Waals surface area contributed by atoms with Gasteiger partial charge in [0.25, 0.3) is 5.92 Å². The largest absolute Gasteiger partial charge is 0.305 e. The van der Waals surface area contributed by atoms with E-state index in [0.29, 0.717) is 0 Å². The second-order valence-electron chi connectivity index (χ2n) is 3.96. The van der Waals surface area contributed by atoms with Crippen molar-refractivity contribution in [2.75, 3.05) is 6.54 Å². The molecule has 1 aliphatic rings. The van der Waals surface area contributed by atoms with Gasteiger partial charge >= 0.3 is 0 Å². The Labute approximate surface area is 78.3 Å². The number of hydrogen-bond acceptors (Lipinski definition) is 1. The minimum Gasteiger partial charge on any atom is -0.305 e. The van der Waals surface area contributed by atoms with Crippen molar-refractivity contribution in [1.29, 1.82) is 0 Å². The fraction of sp³-hybridized carbons (Fsp3) is 1.00. The number of rotatable bonds is 1. The minimum absolute atomic E-state index is 0. The molecule has 1 heterocycles. The lowest BCUT2D eigenvalue weighted by Gasteiger charge is -2.28. The number of alkyl halides is 2. The summed E-state index contributed by atoms with van der Waals surface area (Å²) in [6.07, 6.45) is -0.0301. The highest BCUT2D eigenvalue weighted by Crippen LogP contribution is 2.36. The lowest BCUT2D eigenvalue weighted by molar-refractivity contribution is 0.0138. The standard InChI is InChI=1S/C8H15F2N.ClH/c1-6(2)7(3)4-8(9,10)5-11-7;/h6,11H,4-5H2,1-3H3;1H. The van der Waals surface area contributed by atoms with E-state index < -0.39 is 5.92 Å². The zero-order valence-corrected chi connectivity index (χ0v) is 8.47. The second-order valence-corrected chi connectivity index (χ2v) is 3.96. The van der Waals surface area contributed by atoms with Crippen molar-refractivity contribution in [3.05, 3.63) is 0 Å². The Balaban J connectivity index is 0.00000121. The van der Waals surface area contributed by atoms with Crippen LogP contribution in [0.1, 0.15) is 27.2 Å². The molecule has 1 unspecified atom stereocenters. The van der Waals surface area contributed by atoms with Gasteiger partial charge in [0, 0.05) is 12.0 Å². The molecule has 1 atom stereocenters. The van der Waals surface area contributed by atoms with Crippen molar-refractivity contribution in [2.45, 2.75) is 38.7 Å². The van der Waals surface area contributed by atoms with Crippen molar-refractivity contribution >= 4 is 12.4 Å². The van der Waals surface area contributed by atoms with Crippen LogP contribution in [0.5, 0.6) is 0 Å². The molecule has 0 spiro atoms. The molecule has 0 aromatic heterocycles. The van der Waals surface area contributed by atoms with Gasteiger partial charge in [-0.3, -0.25) is 0 Å². The summed E-state index contributed by atoms with van der Waals surface area (Å²) in [5, 5.41) is 2.87. The molecule has 1 rings (SSSR count). The van der Waals surface area contributed by atoms with E-state index in [1.165, 1.54) is 0 Å². The molecular formula is C8H16ClF2N. The minimum atomic E-state index is -2.50. The lowest BCUT2D eigenvalue weighted by Crippen LogP contribution is -2.41. The van der Waals surface area contributed by atoms with E-state index in [1.807, 2.05) is 20.8 Å². The Hall–Kier alpha value is 0.110. The number of hydrogen-bond donors (Lipinski definition) is 1. The van der Waals surface area contributed by atoms with Crippen LogP contribution in [0.3, 0.4) is 0 Å². The van der Waals surface area contributed by atoms with Gasteiger partial charge in [-0.2, -0.15) is 0 Å². The van der Waals surface area contributed by atoms with E-state index in [0.717, 1.165) is 0 Å². The topological polar surface area (TPSA) is 12.0 Å². The highest BCUT2D eigenvalue weighted by molar-refractivity contribution is 5.85. The Morgan fingerprint density at radius 1 is 1.33 bits per heavy atom. The highest BCUT2D eigenvalue weighted by Gasteiger charge is 2.47. The third-order valence-corrected chi connectivity index (χ3v) is 2.65. The van der Waals surface area contributed by atoms with Crippen LogP contribution in [0.25, 0.3) is 0 Å². The Morgan fingerprint density at radius 3 is 2.00 bits per heavy atom. The van der Waals surface area contributed by atoms with E-state index in [4.69, 9.17) is 0 Å². The quantitative estimate of drug-likeness (QED) is 0.684. The maximum Gasteiger partial charge on any atom is 0.262 e. The molecule has 0 bridgehead atoms. The summed E-state index contributed by atoms with van der Waals surface area (Å²) < 4.78 is 25.5. The molecule has 12 heavy (non-hydrogen) atoms. The smallest absolute Gasteiger partial charge is 0.262 e. The molecule has 0 aromatic carbocycles. The summed E-state index contributed by atoms with van der Waals surface area (Å²) in [4.78, 5) is 0. The van der Waals surface area contributed by atoms with Gasteiger partial charge in [0.2, 0.25) is 0 Å². The Kier molecular flexibility index (Phi) is 3.49. The molecule has 0 aliphatic carbocycles. The van der Waals surface area contributed by atoms with Gasteiger partial charge in [-0.1, -0.05) is 13.8 Å². The van der Waals surface area contributed by atoms with Gasteiger partial charge in [-0.15, -0.1) is 12.4 Å². The molecule has 0 aromatic rings. The molecule has 0 radical (unpaired) electrons. The van der Waals surface area contributed by atoms with E-state index in [1.54, 1.807) is 0 Å². The predicted molar refractivity (Wildman–Crippen MR) is 48.1 cm³/mol. The average molecular weight is 200 g/mol. The van der Waals surface area contributed by atoms with Gasteiger partial charge in [-0.25, -0.2) is 8.78 Å². The van der Waals surface area contributed by atoms with Crippen molar-refractivity contribution in [1.82, 2.24) is 5.32 Å². The molecule has 1 saturated heterocycles. The van der Waals surface area contributed by atoms with Gasteiger partial charge < -0.3 is 5.32 Å². The predicted octanol–water partition coefficient (Wildman–Crippen LogP) is 2.45. The van der Waals surface area contributed by atoms with Crippen molar-refractivity contribution in [2.24, 2.45) is 5.92 Å². The Bertz CT molecular complexity index is 161. The molecule has 74 valence electrons. The van der Waals surface area contributed by atoms with Crippen LogP contribution in [-0.2, 0) is 0 Å². The first-order chi connectivity index (χ1) is 4.86. The van der Waals surface area contributed by atoms with Crippen LogP contribution < -0.4 is 5.32 Å². The maximum absolute atomic E-state index is 12.7. The lowest BCUT2D eigenvalue weighted by atomic mass is 9.86. The summed E-state index contributed by atoms with van der Waals surface area (Å²) in [5.41, 5.74) is -0.372. The third-order valence-electron chi connectivity index (χ3n) is 2.65. The van der Waals surface area contributed by atoms with E-state index in [-0.39, 0.29) is 36.8 Å². The fourth-order valence-corrected chi connectivity index (χ4v) is 1.40. The number of halogens is 3. The van der Waals surface area contributed by atoms with Gasteiger partial charge in [0.15, 0.2) is 0 Å². The van der Waals surface area contributed by atoms with Gasteiger partial charge in [0.1, 0.15) is 0 Å². The fourth-order valence-electron chi connectivity index (χ4n) is 1.40. The molecule has 1 nitrogen and oxygen atoms in total. The molecule has 0 amide bonds. The van der Waals surface area contributed by atoms with Crippen LogP contribution >= 0.6 is 12.4 Å². The van der Waals surface area contributed by atoms with Crippen molar-refractivity contribution in [3.8, 4) is 0 Å².